The van der Waals surface area contributed by atoms with Crippen molar-refractivity contribution in [3.8, 4) is 0 Å². The Bertz CT molecular complexity index is 516. The normalized spacial score (nSPS) is 21.0. The quantitative estimate of drug-likeness (QED) is 0.132. The predicted octanol–water partition coefficient (Wildman–Crippen LogP) is -2.48. The lowest BCUT2D eigenvalue weighted by atomic mass is 10.3. The zero-order chi connectivity index (χ0) is 23.9. The molecule has 2 atom stereocenters. The fraction of sp³-hybridized carbons (Fsp3) is 1.00. The molecular weight excluding hydrogens is 491 g/mol. The topological polar surface area (TPSA) is 205 Å². The number of aliphatic hydroxyl groups is 1. The summed E-state index contributed by atoms with van der Waals surface area (Å²) in [5, 5.41) is 9.98. The first-order chi connectivity index (χ1) is 15.2. The molecule has 2 unspecified atom stereocenters. The molecular formula is C14H35N5O10P3+. The second-order valence-electron chi connectivity index (χ2n) is 7.06. The molecule has 0 aromatic carbocycles. The highest BCUT2D eigenvalue weighted by molar-refractivity contribution is 7.39. The fourth-order valence-electron chi connectivity index (χ4n) is 2.92. The van der Waals surface area contributed by atoms with Gasteiger partial charge in [-0.1, -0.05) is 0 Å². The third-order valence-corrected chi connectivity index (χ3v) is 5.76. The lowest BCUT2D eigenvalue weighted by molar-refractivity contribution is 0.0339. The summed E-state index contributed by atoms with van der Waals surface area (Å²) in [6.45, 7) is 4.05. The molecule has 0 aliphatic carbocycles. The van der Waals surface area contributed by atoms with Crippen LogP contribution in [0.15, 0.2) is 0 Å². The molecule has 0 bridgehead atoms. The number of hydrogen-bond acceptors (Lipinski definition) is 14. The van der Waals surface area contributed by atoms with Crippen LogP contribution in [-0.4, -0.2) is 141 Å². The van der Waals surface area contributed by atoms with E-state index in [2.05, 4.69) is 0 Å². The molecule has 18 heteroatoms. The van der Waals surface area contributed by atoms with Gasteiger partial charge in [0, 0.05) is 70.0 Å². The molecule has 1 aliphatic heterocycles. The summed E-state index contributed by atoms with van der Waals surface area (Å²) in [7, 11) is -7.79. The average Bonchev–Trinajstić information content (AvgIpc) is 2.73. The van der Waals surface area contributed by atoms with E-state index in [4.69, 9.17) is 43.8 Å². The predicted molar refractivity (Wildman–Crippen MR) is 117 cm³/mol. The third-order valence-electron chi connectivity index (χ3n) is 4.73. The maximum atomic E-state index is 11.0. The molecule has 0 radical (unpaired) electrons. The molecule has 1 fully saturated rings. The van der Waals surface area contributed by atoms with Crippen molar-refractivity contribution in [3.63, 3.8) is 0 Å². The van der Waals surface area contributed by atoms with E-state index in [1.165, 1.54) is 0 Å². The maximum absolute atomic E-state index is 11.0. The van der Waals surface area contributed by atoms with Crippen molar-refractivity contribution >= 4 is 25.5 Å². The van der Waals surface area contributed by atoms with Gasteiger partial charge in [-0.3, -0.25) is 28.6 Å². The molecule has 0 saturated carbocycles. The standard InChI is InChI=1S/C14H34N5O10P3/c15-9-14(20)10-16-1-3-17(11-27-30(21)22)5-7-19(13-29-32(25)26)8-6-18(4-2-16)12-28-31(23)24/h14,20-22,25-26H,1-13,15H2/p+1. The summed E-state index contributed by atoms with van der Waals surface area (Å²) >= 11 is 0. The van der Waals surface area contributed by atoms with Gasteiger partial charge in [0.1, 0.15) is 13.5 Å². The molecule has 0 amide bonds. The number of nitrogens with two attached hydrogens (primary N) is 1. The lowest BCUT2D eigenvalue weighted by Crippen LogP contribution is -2.48. The largest absolute Gasteiger partial charge is 0.696 e. The summed E-state index contributed by atoms with van der Waals surface area (Å²) in [6, 6.07) is 0. The molecule has 190 valence electrons. The van der Waals surface area contributed by atoms with Crippen LogP contribution >= 0.6 is 25.5 Å². The Hall–Kier alpha value is 0.400. The first-order valence-electron chi connectivity index (χ1n) is 9.87. The van der Waals surface area contributed by atoms with Crippen molar-refractivity contribution in [3.05, 3.63) is 0 Å². The van der Waals surface area contributed by atoms with E-state index in [0.717, 1.165) is 0 Å². The highest BCUT2D eigenvalue weighted by atomic mass is 31.2. The van der Waals surface area contributed by atoms with Gasteiger partial charge in [-0.25, -0.2) is 0 Å². The Kier molecular flexibility index (Phi) is 16.9. The Morgan fingerprint density at radius 2 is 1.16 bits per heavy atom. The van der Waals surface area contributed by atoms with Crippen LogP contribution in [0.4, 0.5) is 0 Å². The van der Waals surface area contributed by atoms with E-state index >= 15 is 0 Å². The highest BCUT2D eigenvalue weighted by Crippen LogP contribution is 2.25. The van der Waals surface area contributed by atoms with Gasteiger partial charge in [0.2, 0.25) is 0 Å². The second-order valence-corrected chi connectivity index (χ2v) is 9.32. The summed E-state index contributed by atoms with van der Waals surface area (Å²) in [5.41, 5.74) is 5.54. The molecule has 1 saturated heterocycles. The SMILES string of the molecule is NCC(O)CN1CCN(COP(O)O)CCN(COP(O)O)CCN(CO[P+](=O)O)CC1. The van der Waals surface area contributed by atoms with Crippen molar-refractivity contribution < 1.29 is 47.7 Å². The first kappa shape index (κ1) is 30.4. The van der Waals surface area contributed by atoms with Crippen molar-refractivity contribution in [2.24, 2.45) is 5.73 Å². The molecule has 15 nitrogen and oxygen atoms in total. The third kappa shape index (κ3) is 15.3. The van der Waals surface area contributed by atoms with Crippen LogP contribution in [-0.2, 0) is 18.1 Å². The second kappa shape index (κ2) is 17.8. The van der Waals surface area contributed by atoms with Crippen molar-refractivity contribution in [1.82, 2.24) is 19.6 Å². The summed E-state index contributed by atoms with van der Waals surface area (Å²) in [6.07, 6.45) is -0.716. The smallest absolute Gasteiger partial charge is 0.390 e. The van der Waals surface area contributed by atoms with Crippen molar-refractivity contribution in [2.45, 2.75) is 6.10 Å². The molecule has 0 aromatic rings. The summed E-state index contributed by atoms with van der Waals surface area (Å²) < 4.78 is 25.7. The molecule has 8 N–H and O–H groups in total. The van der Waals surface area contributed by atoms with Gasteiger partial charge in [0.15, 0.2) is 6.73 Å². The van der Waals surface area contributed by atoms with Crippen LogP contribution in [0.3, 0.4) is 0 Å². The molecule has 0 spiro atoms. The average molecular weight is 526 g/mol. The maximum Gasteiger partial charge on any atom is 0.696 e. The molecule has 32 heavy (non-hydrogen) atoms. The van der Waals surface area contributed by atoms with Crippen LogP contribution in [0.1, 0.15) is 0 Å². The molecule has 1 heterocycles. The van der Waals surface area contributed by atoms with Crippen LogP contribution in [0.5, 0.6) is 0 Å². The van der Waals surface area contributed by atoms with Crippen molar-refractivity contribution in [1.29, 1.82) is 0 Å². The molecule has 1 rings (SSSR count). The lowest BCUT2D eigenvalue weighted by Gasteiger charge is -2.33. The Morgan fingerprint density at radius 1 is 0.781 bits per heavy atom. The van der Waals surface area contributed by atoms with E-state index in [1.807, 2.05) is 19.6 Å². The van der Waals surface area contributed by atoms with Gasteiger partial charge in [0.25, 0.3) is 0 Å². The van der Waals surface area contributed by atoms with Crippen LogP contribution in [0.25, 0.3) is 0 Å². The minimum Gasteiger partial charge on any atom is -0.390 e. The van der Waals surface area contributed by atoms with Gasteiger partial charge in [-0.05, 0) is 0 Å². The summed E-state index contributed by atoms with van der Waals surface area (Å²) in [5.74, 6) is 0. The van der Waals surface area contributed by atoms with Gasteiger partial charge >= 0.3 is 25.5 Å². The van der Waals surface area contributed by atoms with Gasteiger partial charge in [0.05, 0.1) is 6.10 Å². The first-order valence-corrected chi connectivity index (χ1v) is 13.3. The highest BCUT2D eigenvalue weighted by Gasteiger charge is 2.21. The minimum atomic E-state index is -2.76. The van der Waals surface area contributed by atoms with E-state index in [9.17, 15) is 9.67 Å². The fourth-order valence-corrected chi connectivity index (χ4v) is 3.71. The zero-order valence-electron chi connectivity index (χ0n) is 17.8. The monoisotopic (exact) mass is 526 g/mol. The van der Waals surface area contributed by atoms with E-state index in [-0.39, 0.29) is 26.7 Å². The molecule has 1 aliphatic rings. The van der Waals surface area contributed by atoms with E-state index in [0.29, 0.717) is 58.9 Å². The van der Waals surface area contributed by atoms with Crippen LogP contribution < -0.4 is 5.73 Å². The van der Waals surface area contributed by atoms with Gasteiger partial charge < -0.3 is 30.4 Å². The van der Waals surface area contributed by atoms with Crippen LogP contribution in [0.2, 0.25) is 0 Å². The number of β-amino-alcohol motifs (C(OH)–C–C–N with tert-alkyl or cyclic N) is 1. The Labute approximate surface area is 190 Å². The Balaban J connectivity index is 2.88. The van der Waals surface area contributed by atoms with E-state index in [1.54, 1.807) is 0 Å². The summed E-state index contributed by atoms with van der Waals surface area (Å²) in [4.78, 5) is 52.8. The Morgan fingerprint density at radius 3 is 1.50 bits per heavy atom. The number of rotatable bonds is 12. The zero-order valence-corrected chi connectivity index (χ0v) is 20.5. The molecule has 0 aromatic heterocycles. The van der Waals surface area contributed by atoms with Gasteiger partial charge in [-0.2, -0.15) is 0 Å². The van der Waals surface area contributed by atoms with Gasteiger partial charge in [-0.15, -0.1) is 9.42 Å². The number of hydrogen-bond donors (Lipinski definition) is 7. The van der Waals surface area contributed by atoms with Crippen molar-refractivity contribution in [2.75, 3.05) is 85.6 Å². The van der Waals surface area contributed by atoms with Crippen LogP contribution in [0, 0.1) is 0 Å². The number of aliphatic hydroxyl groups excluding tert-OH is 1. The number of nitrogens with zero attached hydrogens (tertiary/aromatic N) is 4. The van der Waals surface area contributed by atoms with E-state index < -0.39 is 31.6 Å². The minimum absolute atomic E-state index is 0.0170.